The van der Waals surface area contributed by atoms with Crippen molar-refractivity contribution in [3.05, 3.63) is 71.8 Å². The van der Waals surface area contributed by atoms with Crippen LogP contribution >= 0.6 is 7.44 Å². The fourth-order valence-corrected chi connectivity index (χ4v) is 6.13. The average molecular weight is 328 g/mol. The van der Waals surface area contributed by atoms with E-state index in [2.05, 4.69) is 64.8 Å². The second-order valence-electron chi connectivity index (χ2n) is 6.08. The van der Waals surface area contributed by atoms with E-state index in [-0.39, 0.29) is 0 Å². The maximum atomic E-state index is 13.7. The fraction of sp³-hybridized carbons (Fsp3) is 0.368. The molecule has 2 aromatic carbocycles. The molecule has 3 nitrogen and oxygen atoms in total. The molecule has 0 aliphatic carbocycles. The van der Waals surface area contributed by atoms with Crippen molar-refractivity contribution in [1.82, 2.24) is 9.34 Å². The Morgan fingerprint density at radius 3 is 1.65 bits per heavy atom. The lowest BCUT2D eigenvalue weighted by atomic mass is 10.2. The van der Waals surface area contributed by atoms with Gasteiger partial charge in [0.1, 0.15) is 0 Å². The van der Waals surface area contributed by atoms with Crippen LogP contribution in [0, 0.1) is 0 Å². The van der Waals surface area contributed by atoms with Crippen molar-refractivity contribution in [3.8, 4) is 0 Å². The van der Waals surface area contributed by atoms with Gasteiger partial charge >= 0.3 is 0 Å². The molecule has 3 rings (SSSR count). The van der Waals surface area contributed by atoms with Gasteiger partial charge < -0.3 is 0 Å². The van der Waals surface area contributed by atoms with E-state index in [0.717, 1.165) is 32.6 Å². The van der Waals surface area contributed by atoms with Gasteiger partial charge in [0.2, 0.25) is 7.44 Å². The van der Waals surface area contributed by atoms with Crippen LogP contribution in [0.2, 0.25) is 0 Å². The van der Waals surface area contributed by atoms with Gasteiger partial charge in [0, 0.05) is 32.3 Å². The van der Waals surface area contributed by atoms with E-state index in [1.807, 2.05) is 12.1 Å². The van der Waals surface area contributed by atoms with Crippen molar-refractivity contribution >= 4 is 7.44 Å². The minimum Gasteiger partial charge on any atom is -0.289 e. The summed E-state index contributed by atoms with van der Waals surface area (Å²) in [4.78, 5) is 0. The monoisotopic (exact) mass is 328 g/mol. The van der Waals surface area contributed by atoms with Gasteiger partial charge in [-0.2, -0.15) is 0 Å². The van der Waals surface area contributed by atoms with Crippen LogP contribution in [0.15, 0.2) is 60.7 Å². The van der Waals surface area contributed by atoms with Gasteiger partial charge in [0.05, 0.1) is 0 Å². The number of hydrogen-bond donors (Lipinski definition) is 0. The number of rotatable bonds is 5. The highest BCUT2D eigenvalue weighted by atomic mass is 31.2. The summed E-state index contributed by atoms with van der Waals surface area (Å²) in [6.07, 6.45) is 1.77. The Hall–Kier alpha value is -1.41. The quantitative estimate of drug-likeness (QED) is 0.749. The summed E-state index contributed by atoms with van der Waals surface area (Å²) >= 11 is 0. The first-order chi connectivity index (χ1) is 11.2. The van der Waals surface area contributed by atoms with Crippen LogP contribution in [0.4, 0.5) is 0 Å². The van der Waals surface area contributed by atoms with Crippen molar-refractivity contribution in [2.24, 2.45) is 0 Å². The fourth-order valence-electron chi connectivity index (χ4n) is 3.29. The third kappa shape index (κ3) is 3.74. The Labute approximate surface area is 139 Å². The predicted molar refractivity (Wildman–Crippen MR) is 96.5 cm³/mol. The molecule has 1 aliphatic rings. The predicted octanol–water partition coefficient (Wildman–Crippen LogP) is 4.61. The molecule has 0 atom stereocenters. The molecule has 4 heteroatoms. The first-order valence-electron chi connectivity index (χ1n) is 8.40. The largest absolute Gasteiger partial charge is 0.289 e. The lowest BCUT2D eigenvalue weighted by Gasteiger charge is -2.43. The zero-order valence-corrected chi connectivity index (χ0v) is 14.7. The van der Waals surface area contributed by atoms with E-state index in [1.54, 1.807) is 0 Å². The van der Waals surface area contributed by atoms with E-state index in [9.17, 15) is 4.57 Å². The Morgan fingerprint density at radius 1 is 0.826 bits per heavy atom. The minimum atomic E-state index is -2.48. The van der Waals surface area contributed by atoms with E-state index >= 15 is 0 Å². The van der Waals surface area contributed by atoms with Crippen LogP contribution in [0.3, 0.4) is 0 Å². The molecule has 0 N–H and O–H groups in total. The average Bonchev–Trinajstić information content (AvgIpc) is 2.60. The summed E-state index contributed by atoms with van der Waals surface area (Å²) in [5.41, 5.74) is 2.48. The smallest absolute Gasteiger partial charge is 0.216 e. The first kappa shape index (κ1) is 16.4. The van der Waals surface area contributed by atoms with Crippen LogP contribution in [0.1, 0.15) is 24.5 Å². The third-order valence-corrected chi connectivity index (χ3v) is 7.82. The van der Waals surface area contributed by atoms with Crippen LogP contribution in [-0.4, -0.2) is 28.6 Å². The first-order valence-corrected chi connectivity index (χ1v) is 10.2. The lowest BCUT2D eigenvalue weighted by molar-refractivity contribution is 0.270. The molecular formula is C19H25N2OP. The summed E-state index contributed by atoms with van der Waals surface area (Å²) in [7, 11) is -2.48. The second kappa shape index (κ2) is 7.44. The highest BCUT2D eigenvalue weighted by Gasteiger charge is 2.38. The molecule has 1 aliphatic heterocycles. The zero-order chi connectivity index (χ0) is 16.1. The molecule has 2 aromatic rings. The highest BCUT2D eigenvalue weighted by Crippen LogP contribution is 2.56. The van der Waals surface area contributed by atoms with Gasteiger partial charge in [-0.1, -0.05) is 67.6 Å². The van der Waals surface area contributed by atoms with Gasteiger partial charge in [-0.05, 0) is 17.5 Å². The number of hydrogen-bond acceptors (Lipinski definition) is 1. The summed E-state index contributed by atoms with van der Waals surface area (Å²) in [5, 5.41) is 0. The standard InChI is InChI=1S/C19H25N2OP/c1-2-23(22)20(16-18-10-5-3-6-11-18)14-9-15-21(23)17-19-12-7-4-8-13-19/h3-8,10-13H,2,9,14-17H2,1H3. The third-order valence-electron chi connectivity index (χ3n) is 4.54. The maximum absolute atomic E-state index is 13.7. The Bertz CT molecular complexity index is 606. The molecule has 1 saturated heterocycles. The SMILES string of the molecule is CCP1(=O)N(Cc2ccccc2)CCCN1Cc1ccccc1. The van der Waals surface area contributed by atoms with Crippen molar-refractivity contribution in [3.63, 3.8) is 0 Å². The topological polar surface area (TPSA) is 23.6 Å². The van der Waals surface area contributed by atoms with Crippen LogP contribution in [-0.2, 0) is 17.7 Å². The van der Waals surface area contributed by atoms with Gasteiger partial charge in [-0.25, -0.2) is 9.34 Å². The number of nitrogens with zero attached hydrogens (tertiary/aromatic N) is 2. The Balaban J connectivity index is 1.79. The molecular weight excluding hydrogens is 303 g/mol. The van der Waals surface area contributed by atoms with E-state index in [1.165, 1.54) is 11.1 Å². The van der Waals surface area contributed by atoms with Crippen LogP contribution < -0.4 is 0 Å². The van der Waals surface area contributed by atoms with Crippen molar-refractivity contribution in [2.75, 3.05) is 19.3 Å². The summed E-state index contributed by atoms with van der Waals surface area (Å²) in [5.74, 6) is 0. The molecule has 0 amide bonds. The molecule has 0 unspecified atom stereocenters. The van der Waals surface area contributed by atoms with Crippen molar-refractivity contribution < 1.29 is 4.57 Å². The van der Waals surface area contributed by atoms with Crippen molar-refractivity contribution in [2.45, 2.75) is 26.4 Å². The van der Waals surface area contributed by atoms with Crippen LogP contribution in [0.25, 0.3) is 0 Å². The summed E-state index contributed by atoms with van der Waals surface area (Å²) < 4.78 is 18.2. The maximum Gasteiger partial charge on any atom is 0.216 e. The molecule has 1 heterocycles. The molecule has 0 spiro atoms. The Kier molecular flexibility index (Phi) is 5.32. The molecule has 1 fully saturated rings. The zero-order valence-electron chi connectivity index (χ0n) is 13.8. The van der Waals surface area contributed by atoms with Crippen molar-refractivity contribution in [1.29, 1.82) is 0 Å². The van der Waals surface area contributed by atoms with Gasteiger partial charge in [-0.15, -0.1) is 0 Å². The Morgan fingerprint density at radius 2 is 1.26 bits per heavy atom. The lowest BCUT2D eigenvalue weighted by Crippen LogP contribution is -2.39. The van der Waals surface area contributed by atoms with E-state index in [4.69, 9.17) is 0 Å². The second-order valence-corrected chi connectivity index (χ2v) is 9.18. The summed E-state index contributed by atoms with van der Waals surface area (Å²) in [6, 6.07) is 20.8. The molecule has 23 heavy (non-hydrogen) atoms. The van der Waals surface area contributed by atoms with Gasteiger partial charge in [-0.3, -0.25) is 4.57 Å². The normalized spacial score (nSPS) is 18.8. The highest BCUT2D eigenvalue weighted by molar-refractivity contribution is 7.59. The van der Waals surface area contributed by atoms with E-state index < -0.39 is 7.44 Å². The van der Waals surface area contributed by atoms with Gasteiger partial charge in [0.15, 0.2) is 0 Å². The van der Waals surface area contributed by atoms with Gasteiger partial charge in [0.25, 0.3) is 0 Å². The molecule has 0 radical (unpaired) electrons. The molecule has 0 bridgehead atoms. The molecule has 122 valence electrons. The summed E-state index contributed by atoms with van der Waals surface area (Å²) in [6.45, 7) is 5.45. The van der Waals surface area contributed by atoms with E-state index in [0.29, 0.717) is 6.16 Å². The molecule has 0 saturated carbocycles. The van der Waals surface area contributed by atoms with Crippen LogP contribution in [0.5, 0.6) is 0 Å². The minimum absolute atomic E-state index is 0.701. The number of benzene rings is 2. The molecule has 0 aromatic heterocycles.